The number of nitrogens with zero attached hydrogens (tertiary/aromatic N) is 2. The normalized spacial score (nSPS) is 9.86. The first-order chi connectivity index (χ1) is 14.0. The molecule has 8 heteroatoms. The number of rotatable bonds is 4. The number of carbonyl (C=O) groups is 1. The van der Waals surface area contributed by atoms with Crippen LogP contribution in [0.3, 0.4) is 0 Å². The van der Waals surface area contributed by atoms with Gasteiger partial charge in [0, 0.05) is 11.3 Å². The summed E-state index contributed by atoms with van der Waals surface area (Å²) in [4.78, 5) is 26.2. The molecule has 1 aromatic heterocycles. The highest BCUT2D eigenvalue weighted by Gasteiger charge is 2.18. The Bertz CT molecular complexity index is 1190. The molecule has 0 saturated carbocycles. The fourth-order valence-electron chi connectivity index (χ4n) is 2.73. The van der Waals surface area contributed by atoms with E-state index in [1.807, 2.05) is 36.4 Å². The minimum Gasteiger partial charge on any atom is -0.444 e. The van der Waals surface area contributed by atoms with E-state index in [1.165, 1.54) is 0 Å². The van der Waals surface area contributed by atoms with Crippen molar-refractivity contribution in [2.24, 2.45) is 0 Å². The predicted molar refractivity (Wildman–Crippen MR) is 107 cm³/mol. The maximum Gasteiger partial charge on any atom is 0.411 e. The van der Waals surface area contributed by atoms with Crippen LogP contribution >= 0.6 is 0 Å². The molecular formula is C21H15N5O3. The quantitative estimate of drug-likeness (QED) is 0.629. The summed E-state index contributed by atoms with van der Waals surface area (Å²) in [7, 11) is 0. The molecule has 0 aliphatic rings. The molecule has 0 saturated heterocycles. The maximum absolute atomic E-state index is 12.0. The molecule has 0 spiro atoms. The van der Waals surface area contributed by atoms with Crippen LogP contribution in [0.1, 0.15) is 16.7 Å². The molecule has 2 aromatic carbocycles. The van der Waals surface area contributed by atoms with Crippen LogP contribution in [0.4, 0.5) is 16.3 Å². The fraction of sp³-hybridized carbons (Fsp3) is 0.0476. The molecule has 0 fully saturated rings. The van der Waals surface area contributed by atoms with Crippen LogP contribution < -0.4 is 16.6 Å². The molecule has 1 amide bonds. The number of nitriles is 2. The second-order valence-corrected chi connectivity index (χ2v) is 5.98. The van der Waals surface area contributed by atoms with Gasteiger partial charge in [-0.05, 0) is 23.3 Å². The second kappa shape index (κ2) is 8.42. The van der Waals surface area contributed by atoms with Gasteiger partial charge in [0.1, 0.15) is 35.7 Å². The van der Waals surface area contributed by atoms with Gasteiger partial charge in [-0.2, -0.15) is 10.5 Å². The Balaban J connectivity index is 1.79. The monoisotopic (exact) mass is 385 g/mol. The van der Waals surface area contributed by atoms with Crippen molar-refractivity contribution in [2.75, 3.05) is 11.1 Å². The van der Waals surface area contributed by atoms with Gasteiger partial charge in [0.2, 0.25) is 0 Å². The average molecular weight is 385 g/mol. The van der Waals surface area contributed by atoms with Crippen molar-refractivity contribution < 1.29 is 9.53 Å². The standard InChI is InChI=1S/C21H15N5O3/c22-10-16-18(17(11-23)20(27)26-19(16)24)14-6-8-15(9-7-14)25-21(28)29-12-13-4-2-1-3-5-13/h1-9H,12H2,(H,25,28)(H3,24,26,27). The van der Waals surface area contributed by atoms with Gasteiger partial charge in [0.15, 0.2) is 0 Å². The van der Waals surface area contributed by atoms with Crippen LogP contribution in [0.2, 0.25) is 0 Å². The third kappa shape index (κ3) is 4.24. The summed E-state index contributed by atoms with van der Waals surface area (Å²) in [5, 5.41) is 21.3. The molecule has 8 nitrogen and oxygen atoms in total. The summed E-state index contributed by atoms with van der Waals surface area (Å²) in [6.45, 7) is 0.133. The van der Waals surface area contributed by atoms with Gasteiger partial charge in [0.25, 0.3) is 5.56 Å². The van der Waals surface area contributed by atoms with Crippen LogP contribution in [0, 0.1) is 22.7 Å². The number of amides is 1. The highest BCUT2D eigenvalue weighted by molar-refractivity contribution is 5.86. The SMILES string of the molecule is N#Cc1c(N)[nH]c(=O)c(C#N)c1-c1ccc(NC(=O)OCc2ccccc2)cc1. The van der Waals surface area contributed by atoms with E-state index in [4.69, 9.17) is 10.5 Å². The number of aromatic amines is 1. The van der Waals surface area contributed by atoms with Crippen molar-refractivity contribution >= 4 is 17.6 Å². The summed E-state index contributed by atoms with van der Waals surface area (Å²) in [5.41, 5.74) is 6.73. The highest BCUT2D eigenvalue weighted by Crippen LogP contribution is 2.28. The van der Waals surface area contributed by atoms with E-state index in [-0.39, 0.29) is 29.1 Å². The number of anilines is 2. The number of hydrogen-bond acceptors (Lipinski definition) is 6. The molecule has 142 valence electrons. The van der Waals surface area contributed by atoms with E-state index in [1.54, 1.807) is 30.3 Å². The molecule has 1 heterocycles. The number of benzene rings is 2. The van der Waals surface area contributed by atoms with Gasteiger partial charge < -0.3 is 15.5 Å². The van der Waals surface area contributed by atoms with E-state index in [9.17, 15) is 20.1 Å². The van der Waals surface area contributed by atoms with Gasteiger partial charge >= 0.3 is 6.09 Å². The van der Waals surface area contributed by atoms with E-state index in [0.29, 0.717) is 11.3 Å². The van der Waals surface area contributed by atoms with Crippen LogP contribution in [0.5, 0.6) is 0 Å². The number of nitrogens with two attached hydrogens (primary N) is 1. The largest absolute Gasteiger partial charge is 0.444 e. The second-order valence-electron chi connectivity index (χ2n) is 5.98. The van der Waals surface area contributed by atoms with Gasteiger partial charge in [-0.25, -0.2) is 4.79 Å². The highest BCUT2D eigenvalue weighted by atomic mass is 16.5. The summed E-state index contributed by atoms with van der Waals surface area (Å²) in [5.74, 6) is -0.113. The Morgan fingerprint density at radius 3 is 2.31 bits per heavy atom. The van der Waals surface area contributed by atoms with Crippen molar-refractivity contribution in [3.63, 3.8) is 0 Å². The third-order valence-electron chi connectivity index (χ3n) is 4.10. The minimum absolute atomic E-state index is 0.00382. The molecule has 3 aromatic rings. The first kappa shape index (κ1) is 19.2. The minimum atomic E-state index is -0.675. The molecule has 0 aliphatic heterocycles. The van der Waals surface area contributed by atoms with Crippen molar-refractivity contribution in [1.29, 1.82) is 10.5 Å². The lowest BCUT2D eigenvalue weighted by Crippen LogP contribution is -2.16. The molecule has 0 unspecified atom stereocenters. The molecular weight excluding hydrogens is 370 g/mol. The van der Waals surface area contributed by atoms with Crippen LogP contribution in [0.25, 0.3) is 11.1 Å². The molecule has 0 bridgehead atoms. The Labute approximate surface area is 165 Å². The number of nitrogen functional groups attached to an aromatic ring is 1. The van der Waals surface area contributed by atoms with Crippen LogP contribution in [-0.2, 0) is 11.3 Å². The number of hydrogen-bond donors (Lipinski definition) is 3. The van der Waals surface area contributed by atoms with E-state index in [0.717, 1.165) is 5.56 Å². The summed E-state index contributed by atoms with van der Waals surface area (Å²) in [6.07, 6.45) is -0.627. The topological polar surface area (TPSA) is 145 Å². The Morgan fingerprint density at radius 1 is 1.03 bits per heavy atom. The zero-order valence-corrected chi connectivity index (χ0v) is 15.1. The van der Waals surface area contributed by atoms with Gasteiger partial charge in [-0.15, -0.1) is 0 Å². The van der Waals surface area contributed by atoms with E-state index in [2.05, 4.69) is 10.3 Å². The molecule has 0 atom stereocenters. The van der Waals surface area contributed by atoms with Gasteiger partial charge in [-0.1, -0.05) is 42.5 Å². The Morgan fingerprint density at radius 2 is 1.69 bits per heavy atom. The van der Waals surface area contributed by atoms with Crippen molar-refractivity contribution in [1.82, 2.24) is 4.98 Å². The number of nitrogens with one attached hydrogen (secondary N) is 2. The number of carbonyl (C=O) groups excluding carboxylic acids is 1. The van der Waals surface area contributed by atoms with Crippen molar-refractivity contribution in [3.8, 4) is 23.3 Å². The number of aromatic nitrogens is 1. The lowest BCUT2D eigenvalue weighted by Gasteiger charge is -2.10. The van der Waals surface area contributed by atoms with E-state index < -0.39 is 11.7 Å². The Kier molecular flexibility index (Phi) is 5.58. The third-order valence-corrected chi connectivity index (χ3v) is 4.10. The smallest absolute Gasteiger partial charge is 0.411 e. The first-order valence-corrected chi connectivity index (χ1v) is 8.47. The Hall–Kier alpha value is -4.56. The molecule has 3 rings (SSSR count). The molecule has 0 radical (unpaired) electrons. The van der Waals surface area contributed by atoms with Crippen LogP contribution in [-0.4, -0.2) is 11.1 Å². The summed E-state index contributed by atoms with van der Waals surface area (Å²) < 4.78 is 5.15. The lowest BCUT2D eigenvalue weighted by atomic mass is 9.96. The zero-order chi connectivity index (χ0) is 20.8. The summed E-state index contributed by atoms with van der Waals surface area (Å²) in [6, 6.07) is 19.2. The number of ether oxygens (including phenoxy) is 1. The van der Waals surface area contributed by atoms with Crippen molar-refractivity contribution in [3.05, 3.63) is 81.6 Å². The van der Waals surface area contributed by atoms with E-state index >= 15 is 0 Å². The van der Waals surface area contributed by atoms with Gasteiger partial charge in [0.05, 0.1) is 0 Å². The lowest BCUT2D eigenvalue weighted by molar-refractivity contribution is 0.155. The fourth-order valence-corrected chi connectivity index (χ4v) is 2.73. The van der Waals surface area contributed by atoms with Crippen LogP contribution in [0.15, 0.2) is 59.4 Å². The maximum atomic E-state index is 12.0. The average Bonchev–Trinajstić information content (AvgIpc) is 2.73. The summed E-state index contributed by atoms with van der Waals surface area (Å²) >= 11 is 0. The van der Waals surface area contributed by atoms with Crippen molar-refractivity contribution in [2.45, 2.75) is 6.61 Å². The first-order valence-electron chi connectivity index (χ1n) is 8.47. The van der Waals surface area contributed by atoms with Gasteiger partial charge in [-0.3, -0.25) is 10.1 Å². The number of pyridine rings is 1. The molecule has 29 heavy (non-hydrogen) atoms. The predicted octanol–water partition coefficient (Wildman–Crippen LogP) is 3.12. The number of H-pyrrole nitrogens is 1. The molecule has 4 N–H and O–H groups in total. The molecule has 0 aliphatic carbocycles. The zero-order valence-electron chi connectivity index (χ0n) is 15.1.